The summed E-state index contributed by atoms with van der Waals surface area (Å²) >= 11 is 12.2. The van der Waals surface area contributed by atoms with Crippen molar-refractivity contribution in [3.63, 3.8) is 0 Å². The first-order chi connectivity index (χ1) is 17.0. The Morgan fingerprint density at radius 1 is 1.03 bits per heavy atom. The van der Waals surface area contributed by atoms with Gasteiger partial charge in [0.05, 0.1) is 22.0 Å². The first kappa shape index (κ1) is 28.3. The Bertz CT molecular complexity index is 1180. The number of carbonyl (C=O) groups excluding carboxylic acids is 2. The van der Waals surface area contributed by atoms with Crippen molar-refractivity contribution in [3.8, 4) is 0 Å². The molecule has 2 aromatic carbocycles. The molecule has 0 saturated heterocycles. The highest BCUT2D eigenvalue weighted by atomic mass is 35.5. The maximum Gasteiger partial charge on any atom is 0.244 e. The second-order valence-electron chi connectivity index (χ2n) is 9.23. The van der Waals surface area contributed by atoms with Crippen molar-refractivity contribution in [1.29, 1.82) is 0 Å². The van der Waals surface area contributed by atoms with Crippen LogP contribution in [0.1, 0.15) is 50.7 Å². The van der Waals surface area contributed by atoms with Crippen molar-refractivity contribution in [2.24, 2.45) is 0 Å². The largest absolute Gasteiger partial charge is 0.352 e. The van der Waals surface area contributed by atoms with Crippen molar-refractivity contribution in [2.45, 2.75) is 64.6 Å². The number of anilines is 1. The molecule has 1 N–H and O–H groups in total. The molecule has 10 heteroatoms. The van der Waals surface area contributed by atoms with Gasteiger partial charge in [-0.15, -0.1) is 0 Å². The Balaban J connectivity index is 1.88. The summed E-state index contributed by atoms with van der Waals surface area (Å²) in [5, 5.41) is 3.75. The van der Waals surface area contributed by atoms with E-state index in [9.17, 15) is 18.0 Å². The number of aryl methyl sites for hydroxylation is 1. The average molecular weight is 555 g/mol. The van der Waals surface area contributed by atoms with Crippen molar-refractivity contribution < 1.29 is 18.0 Å². The van der Waals surface area contributed by atoms with Crippen LogP contribution in [0.2, 0.25) is 10.0 Å². The van der Waals surface area contributed by atoms with Gasteiger partial charge in [0, 0.05) is 12.6 Å². The van der Waals surface area contributed by atoms with Crippen LogP contribution in [0.5, 0.6) is 0 Å². The molecule has 1 fully saturated rings. The van der Waals surface area contributed by atoms with Crippen molar-refractivity contribution in [1.82, 2.24) is 10.2 Å². The standard InChI is InChI=1S/C26H33Cl2N3O4S/c1-4-19-9-12-22(13-10-19)31(36(3,34)35)17-25(32)30(16-20-11-14-23(27)24(28)15-20)18(2)26(33)29-21-7-5-6-8-21/h9-15,18,21H,4-8,16-17H2,1-3H3,(H,29,33)/t18-/m0/s1. The summed E-state index contributed by atoms with van der Waals surface area (Å²) in [6, 6.07) is 11.3. The first-order valence-electron chi connectivity index (χ1n) is 12.1. The van der Waals surface area contributed by atoms with Gasteiger partial charge >= 0.3 is 0 Å². The summed E-state index contributed by atoms with van der Waals surface area (Å²) in [5.74, 6) is -0.770. The van der Waals surface area contributed by atoms with Crippen molar-refractivity contribution >= 4 is 50.7 Å². The molecule has 0 aromatic heterocycles. The molecule has 7 nitrogen and oxygen atoms in total. The lowest BCUT2D eigenvalue weighted by Gasteiger charge is -2.32. The zero-order valence-electron chi connectivity index (χ0n) is 20.8. The molecule has 0 bridgehead atoms. The van der Waals surface area contributed by atoms with E-state index in [0.29, 0.717) is 21.3 Å². The van der Waals surface area contributed by atoms with E-state index >= 15 is 0 Å². The second kappa shape index (κ2) is 12.3. The fourth-order valence-electron chi connectivity index (χ4n) is 4.32. The molecule has 0 spiro atoms. The molecule has 0 heterocycles. The molecule has 1 aliphatic rings. The molecule has 2 amide bonds. The third-order valence-corrected chi connectivity index (χ3v) is 8.40. The Hall–Kier alpha value is -2.29. The van der Waals surface area contributed by atoms with Crippen molar-refractivity contribution in [2.75, 3.05) is 17.1 Å². The highest BCUT2D eigenvalue weighted by molar-refractivity contribution is 7.92. The Morgan fingerprint density at radius 3 is 2.19 bits per heavy atom. The van der Waals surface area contributed by atoms with Crippen LogP contribution in [0, 0.1) is 0 Å². The number of hydrogen-bond acceptors (Lipinski definition) is 4. The van der Waals surface area contributed by atoms with E-state index in [1.165, 1.54) is 4.90 Å². The maximum absolute atomic E-state index is 13.6. The molecule has 3 rings (SSSR count). The number of carbonyl (C=O) groups is 2. The number of benzene rings is 2. The summed E-state index contributed by atoms with van der Waals surface area (Å²) in [6.07, 6.45) is 5.82. The normalized spacial score (nSPS) is 14.9. The Kier molecular flexibility index (Phi) is 9.66. The fraction of sp³-hybridized carbons (Fsp3) is 0.462. The highest BCUT2D eigenvalue weighted by Gasteiger charge is 2.31. The van der Waals surface area contributed by atoms with E-state index in [4.69, 9.17) is 23.2 Å². The smallest absolute Gasteiger partial charge is 0.244 e. The van der Waals surface area contributed by atoms with E-state index in [1.54, 1.807) is 37.3 Å². The van der Waals surface area contributed by atoms with E-state index in [0.717, 1.165) is 48.2 Å². The van der Waals surface area contributed by atoms with E-state index < -0.39 is 28.5 Å². The fourth-order valence-corrected chi connectivity index (χ4v) is 5.49. The molecule has 196 valence electrons. The molecule has 2 aromatic rings. The topological polar surface area (TPSA) is 86.8 Å². The van der Waals surface area contributed by atoms with Gasteiger partial charge in [0.15, 0.2) is 0 Å². The first-order valence-corrected chi connectivity index (χ1v) is 14.7. The van der Waals surface area contributed by atoms with E-state index in [2.05, 4.69) is 5.32 Å². The zero-order chi connectivity index (χ0) is 26.5. The number of halogens is 2. The highest BCUT2D eigenvalue weighted by Crippen LogP contribution is 2.25. The summed E-state index contributed by atoms with van der Waals surface area (Å²) in [7, 11) is -3.77. The van der Waals surface area contributed by atoms with Gasteiger partial charge in [-0.05, 0) is 61.6 Å². The van der Waals surface area contributed by atoms with E-state index in [1.807, 2.05) is 19.1 Å². The summed E-state index contributed by atoms with van der Waals surface area (Å²) in [4.78, 5) is 28.1. The second-order valence-corrected chi connectivity index (χ2v) is 11.9. The van der Waals surface area contributed by atoms with Crippen LogP contribution in [0.3, 0.4) is 0 Å². The predicted molar refractivity (Wildman–Crippen MR) is 145 cm³/mol. The summed E-state index contributed by atoms with van der Waals surface area (Å²) < 4.78 is 26.4. The summed E-state index contributed by atoms with van der Waals surface area (Å²) in [5.41, 5.74) is 2.12. The van der Waals surface area contributed by atoms with Crippen LogP contribution in [0.15, 0.2) is 42.5 Å². The van der Waals surface area contributed by atoms with Gasteiger partial charge in [0.25, 0.3) is 0 Å². The lowest BCUT2D eigenvalue weighted by atomic mass is 10.1. The van der Waals surface area contributed by atoms with Crippen molar-refractivity contribution in [3.05, 3.63) is 63.6 Å². The lowest BCUT2D eigenvalue weighted by Crippen LogP contribution is -2.52. The third kappa shape index (κ3) is 7.37. The minimum Gasteiger partial charge on any atom is -0.352 e. The molecule has 0 radical (unpaired) electrons. The number of nitrogens with zero attached hydrogens (tertiary/aromatic N) is 2. The molecule has 1 atom stereocenters. The molecule has 0 aliphatic heterocycles. The average Bonchev–Trinajstić information content (AvgIpc) is 3.35. The predicted octanol–water partition coefficient (Wildman–Crippen LogP) is 4.80. The third-order valence-electron chi connectivity index (χ3n) is 6.52. The summed E-state index contributed by atoms with van der Waals surface area (Å²) in [6.45, 7) is 3.29. The van der Waals surface area contributed by atoms with Gasteiger partial charge in [-0.1, -0.05) is 61.2 Å². The Morgan fingerprint density at radius 2 is 1.64 bits per heavy atom. The monoisotopic (exact) mass is 553 g/mol. The van der Waals surface area contributed by atoms with Crippen LogP contribution in [0.25, 0.3) is 0 Å². The number of sulfonamides is 1. The SMILES string of the molecule is CCc1ccc(N(CC(=O)N(Cc2ccc(Cl)c(Cl)c2)[C@@H](C)C(=O)NC2CCCC2)S(C)(=O)=O)cc1. The number of nitrogens with one attached hydrogen (secondary N) is 1. The van der Waals surface area contributed by atoms with Gasteiger partial charge in [0.1, 0.15) is 12.6 Å². The molecular weight excluding hydrogens is 521 g/mol. The molecule has 1 saturated carbocycles. The minimum atomic E-state index is -3.77. The van der Waals surface area contributed by atoms with Gasteiger partial charge in [0.2, 0.25) is 21.8 Å². The maximum atomic E-state index is 13.6. The van der Waals surface area contributed by atoms with Crippen LogP contribution < -0.4 is 9.62 Å². The van der Waals surface area contributed by atoms with Crippen LogP contribution in [-0.4, -0.2) is 50.0 Å². The van der Waals surface area contributed by atoms with Crippen LogP contribution in [-0.2, 0) is 32.6 Å². The van der Waals surface area contributed by atoms with Gasteiger partial charge in [-0.25, -0.2) is 8.42 Å². The van der Waals surface area contributed by atoms with Gasteiger partial charge < -0.3 is 10.2 Å². The number of rotatable bonds is 10. The molecule has 0 unspecified atom stereocenters. The number of hydrogen-bond donors (Lipinski definition) is 1. The van der Waals surface area contributed by atoms with E-state index in [-0.39, 0.29) is 18.5 Å². The van der Waals surface area contributed by atoms with Gasteiger partial charge in [-0.2, -0.15) is 0 Å². The molecular formula is C26H33Cl2N3O4S. The number of amides is 2. The zero-order valence-corrected chi connectivity index (χ0v) is 23.2. The minimum absolute atomic E-state index is 0.0708. The van der Waals surface area contributed by atoms with Crippen LogP contribution >= 0.6 is 23.2 Å². The quantitative estimate of drug-likeness (QED) is 0.457. The molecule has 36 heavy (non-hydrogen) atoms. The molecule has 1 aliphatic carbocycles. The Labute approximate surface area is 223 Å². The van der Waals surface area contributed by atoms with Crippen LogP contribution in [0.4, 0.5) is 5.69 Å². The lowest BCUT2D eigenvalue weighted by molar-refractivity contribution is -0.139. The van der Waals surface area contributed by atoms with Gasteiger partial charge in [-0.3, -0.25) is 13.9 Å².